The molecule has 64 heavy (non-hydrogen) atoms. The smallest absolute Gasteiger partial charge is 0.306 e. The van der Waals surface area contributed by atoms with Crippen molar-refractivity contribution in [3.8, 4) is 0 Å². The lowest BCUT2D eigenvalue weighted by atomic mass is 10.0. The molecule has 0 aromatic heterocycles. The van der Waals surface area contributed by atoms with E-state index in [1.807, 2.05) is 0 Å². The number of rotatable bonds is 52. The predicted octanol–water partition coefficient (Wildman–Crippen LogP) is 18.7. The number of carbonyl (C=O) groups excluding carboxylic acids is 3. The van der Waals surface area contributed by atoms with Crippen molar-refractivity contribution >= 4 is 17.9 Å². The van der Waals surface area contributed by atoms with Crippen LogP contribution in [-0.2, 0) is 28.6 Å². The van der Waals surface area contributed by atoms with Gasteiger partial charge in [0.25, 0.3) is 0 Å². The second-order valence-corrected chi connectivity index (χ2v) is 19.2. The molecule has 0 rings (SSSR count). The lowest BCUT2D eigenvalue weighted by Crippen LogP contribution is -2.30. The molecular formula is C58H108O6. The Bertz CT molecular complexity index is 1040. The van der Waals surface area contributed by atoms with Crippen LogP contribution >= 0.6 is 0 Å². The van der Waals surface area contributed by atoms with Crippen molar-refractivity contribution in [2.45, 2.75) is 316 Å². The van der Waals surface area contributed by atoms with Crippen LogP contribution in [0.2, 0.25) is 0 Å². The molecule has 0 heterocycles. The van der Waals surface area contributed by atoms with E-state index in [0.717, 1.165) is 64.2 Å². The van der Waals surface area contributed by atoms with Crippen LogP contribution in [0.25, 0.3) is 0 Å². The molecule has 6 nitrogen and oxygen atoms in total. The average Bonchev–Trinajstić information content (AvgIpc) is 3.29. The Morgan fingerprint density at radius 2 is 0.516 bits per heavy atom. The quantitative estimate of drug-likeness (QED) is 0.0262. The molecule has 1 atom stereocenters. The molecule has 0 spiro atoms. The minimum absolute atomic E-state index is 0.0721. The molecule has 0 aliphatic heterocycles. The highest BCUT2D eigenvalue weighted by Gasteiger charge is 2.19. The van der Waals surface area contributed by atoms with Crippen molar-refractivity contribution in [3.05, 3.63) is 24.3 Å². The second-order valence-electron chi connectivity index (χ2n) is 19.2. The van der Waals surface area contributed by atoms with E-state index in [1.165, 1.54) is 205 Å². The number of unbranched alkanes of at least 4 members (excludes halogenated alkanes) is 37. The SMILES string of the molecule is CCCCC/C=C\CCCCCCCC(=O)OCC(COC(=O)CCCCCCCCC/C=C\CCCCCCCCCC)OC(=O)CCCCCCCCCCCCCCCCC. The monoisotopic (exact) mass is 901 g/mol. The van der Waals surface area contributed by atoms with Crippen LogP contribution < -0.4 is 0 Å². The van der Waals surface area contributed by atoms with Gasteiger partial charge in [-0.1, -0.05) is 244 Å². The number of hydrogen-bond donors (Lipinski definition) is 0. The molecule has 0 saturated carbocycles. The van der Waals surface area contributed by atoms with E-state index < -0.39 is 6.10 Å². The van der Waals surface area contributed by atoms with Crippen molar-refractivity contribution in [1.82, 2.24) is 0 Å². The molecule has 0 radical (unpaired) electrons. The van der Waals surface area contributed by atoms with E-state index in [0.29, 0.717) is 19.3 Å². The Morgan fingerprint density at radius 1 is 0.297 bits per heavy atom. The Morgan fingerprint density at radius 3 is 0.812 bits per heavy atom. The van der Waals surface area contributed by atoms with Gasteiger partial charge in [-0.25, -0.2) is 0 Å². The van der Waals surface area contributed by atoms with E-state index in [2.05, 4.69) is 45.1 Å². The molecule has 0 aromatic rings. The molecule has 6 heteroatoms. The Hall–Kier alpha value is -2.11. The van der Waals surface area contributed by atoms with Crippen LogP contribution in [0.4, 0.5) is 0 Å². The Labute approximate surface area is 398 Å². The van der Waals surface area contributed by atoms with E-state index in [1.54, 1.807) is 0 Å². The highest BCUT2D eigenvalue weighted by atomic mass is 16.6. The third-order valence-corrected chi connectivity index (χ3v) is 12.7. The number of carbonyl (C=O) groups is 3. The number of esters is 3. The summed E-state index contributed by atoms with van der Waals surface area (Å²) in [5.74, 6) is -0.867. The van der Waals surface area contributed by atoms with Crippen LogP contribution in [0.1, 0.15) is 310 Å². The first-order valence-corrected chi connectivity index (χ1v) is 28.3. The summed E-state index contributed by atoms with van der Waals surface area (Å²) in [6, 6.07) is 0. The zero-order chi connectivity index (χ0) is 46.5. The largest absolute Gasteiger partial charge is 0.462 e. The molecule has 0 saturated heterocycles. The van der Waals surface area contributed by atoms with Crippen LogP contribution in [0, 0.1) is 0 Å². The van der Waals surface area contributed by atoms with Gasteiger partial charge in [-0.3, -0.25) is 14.4 Å². The van der Waals surface area contributed by atoms with Gasteiger partial charge < -0.3 is 14.2 Å². The van der Waals surface area contributed by atoms with E-state index in [9.17, 15) is 14.4 Å². The van der Waals surface area contributed by atoms with Crippen LogP contribution in [0.3, 0.4) is 0 Å². The molecule has 0 fully saturated rings. The number of allylic oxidation sites excluding steroid dienone is 4. The van der Waals surface area contributed by atoms with E-state index >= 15 is 0 Å². The molecule has 0 aromatic carbocycles. The first kappa shape index (κ1) is 61.9. The Balaban J connectivity index is 4.31. The van der Waals surface area contributed by atoms with Crippen LogP contribution in [0.15, 0.2) is 24.3 Å². The fraction of sp³-hybridized carbons (Fsp3) is 0.879. The summed E-state index contributed by atoms with van der Waals surface area (Å²) in [5, 5.41) is 0. The lowest BCUT2D eigenvalue weighted by Gasteiger charge is -2.18. The number of ether oxygens (including phenoxy) is 3. The minimum atomic E-state index is -0.772. The first-order chi connectivity index (χ1) is 31.5. The normalized spacial score (nSPS) is 12.1. The van der Waals surface area contributed by atoms with Crippen molar-refractivity contribution in [2.24, 2.45) is 0 Å². The maximum absolute atomic E-state index is 12.8. The highest BCUT2D eigenvalue weighted by Crippen LogP contribution is 2.16. The summed E-state index contributed by atoms with van der Waals surface area (Å²) in [4.78, 5) is 38.1. The zero-order valence-electron chi connectivity index (χ0n) is 43.1. The third-order valence-electron chi connectivity index (χ3n) is 12.7. The molecule has 0 amide bonds. The van der Waals surface area contributed by atoms with Crippen LogP contribution in [0.5, 0.6) is 0 Å². The molecule has 1 unspecified atom stereocenters. The van der Waals surface area contributed by atoms with Gasteiger partial charge in [0.2, 0.25) is 0 Å². The van der Waals surface area contributed by atoms with Gasteiger partial charge >= 0.3 is 17.9 Å². The molecule has 0 aliphatic carbocycles. The summed E-state index contributed by atoms with van der Waals surface area (Å²) in [6.45, 7) is 6.65. The maximum atomic E-state index is 12.8. The van der Waals surface area contributed by atoms with Gasteiger partial charge in [-0.15, -0.1) is 0 Å². The van der Waals surface area contributed by atoms with Crippen molar-refractivity contribution in [3.63, 3.8) is 0 Å². The van der Waals surface area contributed by atoms with E-state index in [-0.39, 0.29) is 31.1 Å². The van der Waals surface area contributed by atoms with Crippen LogP contribution in [-0.4, -0.2) is 37.2 Å². The second kappa shape index (κ2) is 53.5. The summed E-state index contributed by atoms with van der Waals surface area (Å²) in [7, 11) is 0. The molecular weight excluding hydrogens is 793 g/mol. The molecule has 0 bridgehead atoms. The third kappa shape index (κ3) is 50.9. The molecule has 376 valence electrons. The summed E-state index contributed by atoms with van der Waals surface area (Å²) < 4.78 is 16.8. The lowest BCUT2D eigenvalue weighted by molar-refractivity contribution is -0.167. The molecule has 0 N–H and O–H groups in total. The molecule has 0 aliphatic rings. The van der Waals surface area contributed by atoms with E-state index in [4.69, 9.17) is 14.2 Å². The fourth-order valence-corrected chi connectivity index (χ4v) is 8.37. The average molecular weight is 901 g/mol. The number of hydrogen-bond acceptors (Lipinski definition) is 6. The Kier molecular flexibility index (Phi) is 51.7. The first-order valence-electron chi connectivity index (χ1n) is 28.3. The van der Waals surface area contributed by atoms with Gasteiger partial charge in [0.15, 0.2) is 6.10 Å². The van der Waals surface area contributed by atoms with Gasteiger partial charge in [-0.2, -0.15) is 0 Å². The fourth-order valence-electron chi connectivity index (χ4n) is 8.37. The topological polar surface area (TPSA) is 78.9 Å². The summed E-state index contributed by atoms with van der Waals surface area (Å²) in [5.41, 5.74) is 0. The standard InChI is InChI=1S/C58H108O6/c1-4-7-10-13-16-19-22-25-27-28-29-30-32-33-36-39-42-45-48-51-57(60)63-54-55(53-62-56(59)50-47-44-41-38-35-24-21-18-15-12-9-6-3)64-58(61)52-49-46-43-40-37-34-31-26-23-20-17-14-11-8-5-2/h18,21,28-29,55H,4-17,19-20,22-27,30-54H2,1-3H3/b21-18-,29-28-. The predicted molar refractivity (Wildman–Crippen MR) is 275 cm³/mol. The van der Waals surface area contributed by atoms with Gasteiger partial charge in [0.05, 0.1) is 0 Å². The summed E-state index contributed by atoms with van der Waals surface area (Å²) >= 11 is 0. The minimum Gasteiger partial charge on any atom is -0.462 e. The van der Waals surface area contributed by atoms with Crippen molar-refractivity contribution < 1.29 is 28.6 Å². The van der Waals surface area contributed by atoms with Crippen molar-refractivity contribution in [2.75, 3.05) is 13.2 Å². The maximum Gasteiger partial charge on any atom is 0.306 e. The summed E-state index contributed by atoms with van der Waals surface area (Å²) in [6.07, 6.45) is 61.6. The van der Waals surface area contributed by atoms with Gasteiger partial charge in [0.1, 0.15) is 13.2 Å². The van der Waals surface area contributed by atoms with Gasteiger partial charge in [0, 0.05) is 19.3 Å². The van der Waals surface area contributed by atoms with Gasteiger partial charge in [-0.05, 0) is 70.6 Å². The zero-order valence-corrected chi connectivity index (χ0v) is 43.1. The van der Waals surface area contributed by atoms with Crippen molar-refractivity contribution in [1.29, 1.82) is 0 Å². The highest BCUT2D eigenvalue weighted by molar-refractivity contribution is 5.71.